The molecule has 1 saturated heterocycles. The molecular formula is C16H27N5O3S. The molecule has 9 heteroatoms. The van der Waals surface area contributed by atoms with Gasteiger partial charge in [-0.15, -0.1) is 0 Å². The van der Waals surface area contributed by atoms with Crippen LogP contribution >= 0.6 is 0 Å². The van der Waals surface area contributed by atoms with Gasteiger partial charge in [0.05, 0.1) is 0 Å². The normalized spacial score (nSPS) is 21.7. The van der Waals surface area contributed by atoms with E-state index in [2.05, 4.69) is 10.3 Å². The van der Waals surface area contributed by atoms with E-state index in [0.29, 0.717) is 19.6 Å². The van der Waals surface area contributed by atoms with Gasteiger partial charge in [0.15, 0.2) is 5.03 Å². The number of piperidine rings is 1. The van der Waals surface area contributed by atoms with Gasteiger partial charge in [-0.1, -0.05) is 6.42 Å². The number of hydrogen-bond acceptors (Lipinski definition) is 5. The number of fused-ring (bicyclic) bond motifs is 1. The lowest BCUT2D eigenvalue weighted by molar-refractivity contribution is -0.121. The van der Waals surface area contributed by atoms with Crippen molar-refractivity contribution in [2.24, 2.45) is 5.73 Å². The third-order valence-corrected chi connectivity index (χ3v) is 6.76. The highest BCUT2D eigenvalue weighted by Gasteiger charge is 2.35. The minimum absolute atomic E-state index is 0.136. The summed E-state index contributed by atoms with van der Waals surface area (Å²) >= 11 is 0. The minimum atomic E-state index is -3.64. The second-order valence-electron chi connectivity index (χ2n) is 6.75. The maximum absolute atomic E-state index is 13.1. The summed E-state index contributed by atoms with van der Waals surface area (Å²) in [6.07, 6.45) is 7.40. The molecule has 3 rings (SSSR count). The van der Waals surface area contributed by atoms with E-state index < -0.39 is 10.0 Å². The monoisotopic (exact) mass is 369 g/mol. The fourth-order valence-electron chi connectivity index (χ4n) is 3.58. The number of nitrogens with two attached hydrogens (primary N) is 1. The minimum Gasteiger partial charge on any atom is -0.354 e. The Kier molecular flexibility index (Phi) is 5.75. The summed E-state index contributed by atoms with van der Waals surface area (Å²) in [5, 5.41) is 2.95. The molecule has 0 spiro atoms. The molecule has 1 unspecified atom stereocenters. The molecule has 3 heterocycles. The maximum Gasteiger partial charge on any atom is 0.262 e. The van der Waals surface area contributed by atoms with E-state index in [1.54, 1.807) is 6.20 Å². The Labute approximate surface area is 148 Å². The first kappa shape index (κ1) is 18.3. The molecule has 0 radical (unpaired) electrons. The molecule has 1 aromatic rings. The third kappa shape index (κ3) is 4.04. The number of hydrogen-bond donors (Lipinski definition) is 2. The SMILES string of the molecule is NCCC(=O)NCC1CCCCN1S(=O)(=O)c1cn2c(n1)CCCC2. The second-order valence-corrected chi connectivity index (χ2v) is 8.59. The van der Waals surface area contributed by atoms with Gasteiger partial charge in [0, 0.05) is 51.3 Å². The van der Waals surface area contributed by atoms with Gasteiger partial charge in [0.25, 0.3) is 10.0 Å². The Hall–Kier alpha value is -1.45. The zero-order chi connectivity index (χ0) is 17.9. The second kappa shape index (κ2) is 7.84. The lowest BCUT2D eigenvalue weighted by Crippen LogP contribution is -2.49. The predicted octanol–water partition coefficient (Wildman–Crippen LogP) is 0.228. The zero-order valence-electron chi connectivity index (χ0n) is 14.5. The number of sulfonamides is 1. The first-order valence-electron chi connectivity index (χ1n) is 9.07. The number of imidazole rings is 1. The molecule has 2 aliphatic rings. The highest BCUT2D eigenvalue weighted by molar-refractivity contribution is 7.89. The van der Waals surface area contributed by atoms with Crippen molar-refractivity contribution in [2.45, 2.75) is 62.6 Å². The Balaban J connectivity index is 1.76. The Morgan fingerprint density at radius 1 is 1.28 bits per heavy atom. The van der Waals surface area contributed by atoms with E-state index >= 15 is 0 Å². The van der Waals surface area contributed by atoms with Gasteiger partial charge in [0.1, 0.15) is 5.82 Å². The molecule has 8 nitrogen and oxygen atoms in total. The van der Waals surface area contributed by atoms with Crippen LogP contribution in [0.2, 0.25) is 0 Å². The molecule has 0 aliphatic carbocycles. The third-order valence-electron chi connectivity index (χ3n) is 4.94. The van der Waals surface area contributed by atoms with Crippen LogP contribution in [-0.2, 0) is 27.8 Å². The van der Waals surface area contributed by atoms with Crippen LogP contribution in [0.15, 0.2) is 11.2 Å². The van der Waals surface area contributed by atoms with Crippen molar-refractivity contribution in [3.05, 3.63) is 12.0 Å². The topological polar surface area (TPSA) is 110 Å². The number of aryl methyl sites for hydroxylation is 2. The van der Waals surface area contributed by atoms with E-state index in [4.69, 9.17) is 5.73 Å². The molecule has 3 N–H and O–H groups in total. The van der Waals surface area contributed by atoms with Crippen molar-refractivity contribution < 1.29 is 13.2 Å². The molecule has 140 valence electrons. The number of carbonyl (C=O) groups excluding carboxylic acids is 1. The zero-order valence-corrected chi connectivity index (χ0v) is 15.3. The Morgan fingerprint density at radius 2 is 2.08 bits per heavy atom. The fourth-order valence-corrected chi connectivity index (χ4v) is 5.24. The predicted molar refractivity (Wildman–Crippen MR) is 93.4 cm³/mol. The smallest absolute Gasteiger partial charge is 0.262 e. The molecule has 1 atom stereocenters. The van der Waals surface area contributed by atoms with Gasteiger partial charge in [0.2, 0.25) is 5.91 Å². The average Bonchev–Trinajstić information content (AvgIpc) is 3.05. The molecule has 1 amide bonds. The number of amides is 1. The van der Waals surface area contributed by atoms with Crippen LogP contribution < -0.4 is 11.1 Å². The lowest BCUT2D eigenvalue weighted by atomic mass is 10.1. The van der Waals surface area contributed by atoms with Crippen LogP contribution in [-0.4, -0.2) is 53.9 Å². The first-order valence-corrected chi connectivity index (χ1v) is 10.5. The molecule has 1 aromatic heterocycles. The van der Waals surface area contributed by atoms with E-state index in [-0.39, 0.29) is 23.4 Å². The van der Waals surface area contributed by atoms with Gasteiger partial charge in [-0.05, 0) is 25.7 Å². The number of rotatable bonds is 6. The standard InChI is InChI=1S/C16H27N5O3S/c17-8-7-15(22)18-11-13-5-1-4-10-21(13)25(23,24)16-12-20-9-3-2-6-14(20)19-16/h12-13H,1-11,17H2,(H,18,22). The van der Waals surface area contributed by atoms with Crippen LogP contribution in [0, 0.1) is 0 Å². The molecule has 0 bridgehead atoms. The molecule has 2 aliphatic heterocycles. The van der Waals surface area contributed by atoms with Gasteiger partial charge >= 0.3 is 0 Å². The van der Waals surface area contributed by atoms with E-state index in [0.717, 1.165) is 50.9 Å². The lowest BCUT2D eigenvalue weighted by Gasteiger charge is -2.34. The molecule has 25 heavy (non-hydrogen) atoms. The number of aromatic nitrogens is 2. The van der Waals surface area contributed by atoms with Crippen LogP contribution in [0.25, 0.3) is 0 Å². The summed E-state index contributed by atoms with van der Waals surface area (Å²) in [6.45, 7) is 1.92. The van der Waals surface area contributed by atoms with Gasteiger partial charge in [-0.3, -0.25) is 4.79 Å². The maximum atomic E-state index is 13.1. The highest BCUT2D eigenvalue weighted by atomic mass is 32.2. The fraction of sp³-hybridized carbons (Fsp3) is 0.750. The summed E-state index contributed by atoms with van der Waals surface area (Å²) < 4.78 is 29.7. The van der Waals surface area contributed by atoms with Crippen molar-refractivity contribution in [3.63, 3.8) is 0 Å². The van der Waals surface area contributed by atoms with Crippen molar-refractivity contribution in [1.29, 1.82) is 0 Å². The van der Waals surface area contributed by atoms with E-state index in [9.17, 15) is 13.2 Å². The van der Waals surface area contributed by atoms with Crippen LogP contribution in [0.4, 0.5) is 0 Å². The van der Waals surface area contributed by atoms with E-state index in [1.807, 2.05) is 4.57 Å². The summed E-state index contributed by atoms with van der Waals surface area (Å²) in [6, 6.07) is -0.223. The van der Waals surface area contributed by atoms with Gasteiger partial charge < -0.3 is 15.6 Å². The summed E-state index contributed by atoms with van der Waals surface area (Å²) in [5.41, 5.74) is 5.38. The Bertz CT molecular complexity index is 692. The van der Waals surface area contributed by atoms with Crippen LogP contribution in [0.1, 0.15) is 44.3 Å². The molecular weight excluding hydrogens is 342 g/mol. The Morgan fingerprint density at radius 3 is 2.84 bits per heavy atom. The summed E-state index contributed by atoms with van der Waals surface area (Å²) in [4.78, 5) is 16.1. The number of nitrogens with zero attached hydrogens (tertiary/aromatic N) is 3. The van der Waals surface area contributed by atoms with Crippen molar-refractivity contribution >= 4 is 15.9 Å². The molecule has 1 fully saturated rings. The number of nitrogens with one attached hydrogen (secondary N) is 1. The summed E-state index contributed by atoms with van der Waals surface area (Å²) in [5.74, 6) is 0.720. The van der Waals surface area contributed by atoms with Crippen molar-refractivity contribution in [2.75, 3.05) is 19.6 Å². The summed E-state index contributed by atoms with van der Waals surface area (Å²) in [7, 11) is -3.64. The van der Waals surface area contributed by atoms with Gasteiger partial charge in [-0.25, -0.2) is 13.4 Å². The molecule has 0 aromatic carbocycles. The van der Waals surface area contributed by atoms with Crippen LogP contribution in [0.5, 0.6) is 0 Å². The first-order chi connectivity index (χ1) is 12.0. The van der Waals surface area contributed by atoms with Crippen molar-refractivity contribution in [3.8, 4) is 0 Å². The quantitative estimate of drug-likeness (QED) is 0.746. The molecule has 0 saturated carbocycles. The highest BCUT2D eigenvalue weighted by Crippen LogP contribution is 2.26. The largest absolute Gasteiger partial charge is 0.354 e. The van der Waals surface area contributed by atoms with Crippen molar-refractivity contribution in [1.82, 2.24) is 19.2 Å². The number of carbonyl (C=O) groups is 1. The average molecular weight is 369 g/mol. The van der Waals surface area contributed by atoms with E-state index in [1.165, 1.54) is 4.31 Å². The van der Waals surface area contributed by atoms with Gasteiger partial charge in [-0.2, -0.15) is 4.31 Å². The van der Waals surface area contributed by atoms with Crippen LogP contribution in [0.3, 0.4) is 0 Å².